The van der Waals surface area contributed by atoms with Crippen LogP contribution >= 0.6 is 23.1 Å². The van der Waals surface area contributed by atoms with Crippen LogP contribution in [0.3, 0.4) is 0 Å². The van der Waals surface area contributed by atoms with Crippen LogP contribution in [0.1, 0.15) is 41.8 Å². The van der Waals surface area contributed by atoms with Gasteiger partial charge in [0.2, 0.25) is 5.91 Å². The number of hydrogen-bond donors (Lipinski definition) is 2. The first-order valence-corrected chi connectivity index (χ1v) is 12.2. The zero-order valence-corrected chi connectivity index (χ0v) is 19.8. The minimum absolute atomic E-state index is 0.124. The van der Waals surface area contributed by atoms with Crippen molar-refractivity contribution >= 4 is 40.6 Å². The predicted molar refractivity (Wildman–Crippen MR) is 130 cm³/mol. The molecule has 3 rings (SSSR count). The predicted octanol–water partition coefficient (Wildman–Crippen LogP) is 4.77. The van der Waals surface area contributed by atoms with E-state index in [2.05, 4.69) is 41.3 Å². The van der Waals surface area contributed by atoms with Crippen LogP contribution in [0.15, 0.2) is 65.7 Å². The zero-order valence-electron chi connectivity index (χ0n) is 18.2. The molecule has 9 heteroatoms. The Kier molecular flexibility index (Phi) is 8.64. The molecule has 0 aliphatic heterocycles. The molecule has 32 heavy (non-hydrogen) atoms. The summed E-state index contributed by atoms with van der Waals surface area (Å²) in [6, 6.07) is 12.7. The summed E-state index contributed by atoms with van der Waals surface area (Å²) in [4.78, 5) is 25.7. The minimum Gasteiger partial charge on any atom is -0.341 e. The molecule has 2 N–H and O–H groups in total. The normalized spacial score (nSPS) is 11.8. The van der Waals surface area contributed by atoms with Gasteiger partial charge in [0, 0.05) is 12.2 Å². The molecule has 2 heterocycles. The summed E-state index contributed by atoms with van der Waals surface area (Å²) >= 11 is 2.71. The third-order valence-electron chi connectivity index (χ3n) is 4.52. The van der Waals surface area contributed by atoms with Crippen LogP contribution in [-0.2, 0) is 11.3 Å². The molecule has 1 unspecified atom stereocenters. The van der Waals surface area contributed by atoms with Crippen molar-refractivity contribution in [3.05, 3.63) is 71.2 Å². The largest absolute Gasteiger partial charge is 0.341 e. The number of benzene rings is 1. The SMILES string of the molecule is C=CCn1c(SCC(=O)Nc2ccccc2)nnc1C(CC(C)C)NC(=O)c1cccs1. The number of hydrogen-bond acceptors (Lipinski definition) is 6. The van der Waals surface area contributed by atoms with Crippen molar-refractivity contribution in [3.8, 4) is 0 Å². The van der Waals surface area contributed by atoms with Crippen LogP contribution in [-0.4, -0.2) is 32.3 Å². The first-order valence-electron chi connectivity index (χ1n) is 10.3. The van der Waals surface area contributed by atoms with Gasteiger partial charge in [-0.1, -0.05) is 56.0 Å². The summed E-state index contributed by atoms with van der Waals surface area (Å²) in [7, 11) is 0. The van der Waals surface area contributed by atoms with Crippen molar-refractivity contribution in [1.82, 2.24) is 20.1 Å². The van der Waals surface area contributed by atoms with Crippen LogP contribution in [0.4, 0.5) is 5.69 Å². The second-order valence-electron chi connectivity index (χ2n) is 7.58. The zero-order chi connectivity index (χ0) is 22.9. The highest BCUT2D eigenvalue weighted by molar-refractivity contribution is 7.99. The highest BCUT2D eigenvalue weighted by Crippen LogP contribution is 2.26. The molecule has 1 atom stereocenters. The van der Waals surface area contributed by atoms with Gasteiger partial charge in [0.1, 0.15) is 0 Å². The Bertz CT molecular complexity index is 1030. The van der Waals surface area contributed by atoms with Gasteiger partial charge in [-0.3, -0.25) is 9.59 Å². The maximum Gasteiger partial charge on any atom is 0.261 e. The van der Waals surface area contributed by atoms with Crippen LogP contribution in [0.2, 0.25) is 0 Å². The summed E-state index contributed by atoms with van der Waals surface area (Å²) in [5.41, 5.74) is 0.750. The van der Waals surface area contributed by atoms with Gasteiger partial charge in [-0.15, -0.1) is 28.1 Å². The highest BCUT2D eigenvalue weighted by Gasteiger charge is 2.25. The third kappa shape index (κ3) is 6.54. The van der Waals surface area contributed by atoms with Crippen molar-refractivity contribution in [3.63, 3.8) is 0 Å². The topological polar surface area (TPSA) is 88.9 Å². The highest BCUT2D eigenvalue weighted by atomic mass is 32.2. The van der Waals surface area contributed by atoms with Gasteiger partial charge >= 0.3 is 0 Å². The van der Waals surface area contributed by atoms with Crippen molar-refractivity contribution in [1.29, 1.82) is 0 Å². The number of nitrogens with zero attached hydrogens (tertiary/aromatic N) is 3. The third-order valence-corrected chi connectivity index (χ3v) is 6.35. The molecule has 0 saturated carbocycles. The Morgan fingerprint density at radius 2 is 1.97 bits per heavy atom. The molecular formula is C23H27N5O2S2. The van der Waals surface area contributed by atoms with Gasteiger partial charge in [0.05, 0.1) is 16.7 Å². The molecule has 7 nitrogen and oxygen atoms in total. The summed E-state index contributed by atoms with van der Waals surface area (Å²) < 4.78 is 1.91. The quantitative estimate of drug-likeness (QED) is 0.312. The average Bonchev–Trinajstić information content (AvgIpc) is 3.43. The van der Waals surface area contributed by atoms with E-state index in [0.29, 0.717) is 34.7 Å². The van der Waals surface area contributed by atoms with Gasteiger partial charge < -0.3 is 15.2 Å². The summed E-state index contributed by atoms with van der Waals surface area (Å²) in [5.74, 6) is 0.941. The summed E-state index contributed by atoms with van der Waals surface area (Å²) in [6.07, 6.45) is 2.47. The molecule has 0 radical (unpaired) electrons. The molecular weight excluding hydrogens is 442 g/mol. The lowest BCUT2D eigenvalue weighted by Gasteiger charge is -2.20. The monoisotopic (exact) mass is 469 g/mol. The van der Waals surface area contributed by atoms with Crippen molar-refractivity contribution in [2.24, 2.45) is 5.92 Å². The fourth-order valence-electron chi connectivity index (χ4n) is 3.15. The fourth-order valence-corrected chi connectivity index (χ4v) is 4.53. The lowest BCUT2D eigenvalue weighted by molar-refractivity contribution is -0.113. The molecule has 0 saturated heterocycles. The molecule has 3 aromatic rings. The number of aromatic nitrogens is 3. The van der Waals surface area contributed by atoms with Crippen LogP contribution in [0.5, 0.6) is 0 Å². The van der Waals surface area contributed by atoms with E-state index in [1.54, 1.807) is 12.1 Å². The van der Waals surface area contributed by atoms with Crippen molar-refractivity contribution < 1.29 is 9.59 Å². The van der Waals surface area contributed by atoms with E-state index < -0.39 is 0 Å². The van der Waals surface area contributed by atoms with E-state index in [1.165, 1.54) is 23.1 Å². The number of carbonyl (C=O) groups excluding carboxylic acids is 2. The number of rotatable bonds is 11. The lowest BCUT2D eigenvalue weighted by atomic mass is 10.0. The van der Waals surface area contributed by atoms with Gasteiger partial charge in [-0.25, -0.2) is 0 Å². The first-order chi connectivity index (χ1) is 15.5. The maximum atomic E-state index is 12.7. The Morgan fingerprint density at radius 1 is 1.19 bits per heavy atom. The average molecular weight is 470 g/mol. The Hall–Kier alpha value is -2.91. The van der Waals surface area contributed by atoms with E-state index in [1.807, 2.05) is 46.3 Å². The molecule has 0 bridgehead atoms. The smallest absolute Gasteiger partial charge is 0.261 e. The van der Waals surface area contributed by atoms with E-state index in [-0.39, 0.29) is 23.6 Å². The number of thiophene rings is 1. The first kappa shape index (κ1) is 23.7. The second-order valence-corrected chi connectivity index (χ2v) is 9.47. The number of amides is 2. The fraction of sp³-hybridized carbons (Fsp3) is 0.304. The Morgan fingerprint density at radius 3 is 2.62 bits per heavy atom. The number of para-hydroxylation sites is 1. The molecule has 1 aromatic carbocycles. The molecule has 168 valence electrons. The molecule has 0 aliphatic carbocycles. The van der Waals surface area contributed by atoms with Crippen LogP contribution < -0.4 is 10.6 Å². The van der Waals surface area contributed by atoms with E-state index >= 15 is 0 Å². The second kappa shape index (κ2) is 11.6. The standard InChI is InChI=1S/C23H27N5O2S2/c1-4-12-28-21(18(14-16(2)3)25-22(30)19-11-8-13-31-19)26-27-23(28)32-15-20(29)24-17-9-6-5-7-10-17/h4-11,13,16,18H,1,12,14-15H2,2-3H3,(H,24,29)(H,25,30). The van der Waals surface area contributed by atoms with Gasteiger partial charge in [0.15, 0.2) is 11.0 Å². The van der Waals surface area contributed by atoms with Crippen molar-refractivity contribution in [2.75, 3.05) is 11.1 Å². The van der Waals surface area contributed by atoms with Gasteiger partial charge in [-0.2, -0.15) is 0 Å². The number of allylic oxidation sites excluding steroid dienone is 1. The van der Waals surface area contributed by atoms with Crippen LogP contribution in [0.25, 0.3) is 0 Å². The summed E-state index contributed by atoms with van der Waals surface area (Å²) in [5, 5.41) is 17.2. The van der Waals surface area contributed by atoms with E-state index in [9.17, 15) is 9.59 Å². The maximum absolute atomic E-state index is 12.7. The number of carbonyl (C=O) groups is 2. The molecule has 0 fully saturated rings. The van der Waals surface area contributed by atoms with E-state index in [4.69, 9.17) is 0 Å². The summed E-state index contributed by atoms with van der Waals surface area (Å²) in [6.45, 7) is 8.52. The van der Waals surface area contributed by atoms with Crippen molar-refractivity contribution in [2.45, 2.75) is 38.0 Å². The Balaban J connectivity index is 1.75. The molecule has 2 amide bonds. The number of nitrogens with one attached hydrogen (secondary N) is 2. The minimum atomic E-state index is -0.301. The Labute approximate surface area is 196 Å². The van der Waals surface area contributed by atoms with Crippen LogP contribution in [0, 0.1) is 5.92 Å². The lowest BCUT2D eigenvalue weighted by Crippen LogP contribution is -2.31. The molecule has 0 spiro atoms. The number of anilines is 1. The van der Waals surface area contributed by atoms with E-state index in [0.717, 1.165) is 5.69 Å². The molecule has 2 aromatic heterocycles. The van der Waals surface area contributed by atoms with Gasteiger partial charge in [-0.05, 0) is 35.9 Å². The molecule has 0 aliphatic rings. The van der Waals surface area contributed by atoms with Gasteiger partial charge in [0.25, 0.3) is 5.91 Å². The number of thioether (sulfide) groups is 1.